The molecule has 1 aromatic carbocycles. The van der Waals surface area contributed by atoms with Gasteiger partial charge in [-0.3, -0.25) is 4.79 Å². The van der Waals surface area contributed by atoms with Crippen molar-refractivity contribution in [3.05, 3.63) is 29.3 Å². The standard InChI is InChI=1S/C11H8O4/c1-15-11(14)5-3-9-6-8(7-12)2-4-10(9)13/h2,4,6-7,13H,1H3. The normalized spacial score (nSPS) is 8.60. The molecule has 0 fully saturated rings. The van der Waals surface area contributed by atoms with Gasteiger partial charge in [-0.15, -0.1) is 0 Å². The van der Waals surface area contributed by atoms with Gasteiger partial charge in [0.2, 0.25) is 0 Å². The Bertz CT molecular complexity index is 451. The molecule has 1 rings (SSSR count). The zero-order chi connectivity index (χ0) is 11.3. The molecule has 0 heterocycles. The maximum atomic E-state index is 10.7. The van der Waals surface area contributed by atoms with E-state index < -0.39 is 5.97 Å². The van der Waals surface area contributed by atoms with Gasteiger partial charge in [-0.05, 0) is 18.2 Å². The van der Waals surface area contributed by atoms with Crippen molar-refractivity contribution in [1.82, 2.24) is 0 Å². The van der Waals surface area contributed by atoms with Crippen LogP contribution in [0, 0.1) is 11.8 Å². The number of hydrogen-bond acceptors (Lipinski definition) is 4. The molecule has 0 saturated heterocycles. The zero-order valence-electron chi connectivity index (χ0n) is 7.98. The second kappa shape index (κ2) is 4.82. The van der Waals surface area contributed by atoms with Gasteiger partial charge in [0.1, 0.15) is 12.0 Å². The molecule has 1 aromatic rings. The summed E-state index contributed by atoms with van der Waals surface area (Å²) in [6.07, 6.45) is 0.628. The molecule has 0 aliphatic rings. The van der Waals surface area contributed by atoms with E-state index in [9.17, 15) is 14.7 Å². The van der Waals surface area contributed by atoms with Crippen LogP contribution in [0.4, 0.5) is 0 Å². The van der Waals surface area contributed by atoms with Gasteiger partial charge in [-0.1, -0.05) is 5.92 Å². The number of esters is 1. The van der Waals surface area contributed by atoms with Crippen LogP contribution in [-0.2, 0) is 9.53 Å². The molecule has 0 aromatic heterocycles. The van der Waals surface area contributed by atoms with Crippen LogP contribution < -0.4 is 0 Å². The number of hydrogen-bond donors (Lipinski definition) is 1. The molecule has 0 aliphatic carbocycles. The van der Waals surface area contributed by atoms with Crippen LogP contribution >= 0.6 is 0 Å². The molecule has 1 N–H and O–H groups in total. The molecule has 0 unspecified atom stereocenters. The van der Waals surface area contributed by atoms with E-state index in [0.29, 0.717) is 11.8 Å². The van der Waals surface area contributed by atoms with Gasteiger partial charge in [0.05, 0.1) is 12.7 Å². The van der Waals surface area contributed by atoms with E-state index in [2.05, 4.69) is 16.6 Å². The lowest BCUT2D eigenvalue weighted by Crippen LogP contribution is -1.94. The summed E-state index contributed by atoms with van der Waals surface area (Å²) in [6.45, 7) is 0. The number of phenols is 1. The number of aldehydes is 1. The largest absolute Gasteiger partial charge is 0.507 e. The van der Waals surface area contributed by atoms with Crippen molar-refractivity contribution in [3.8, 4) is 17.6 Å². The summed E-state index contributed by atoms with van der Waals surface area (Å²) in [5.74, 6) is 3.77. The molecule has 0 amide bonds. The molecule has 76 valence electrons. The second-order valence-electron chi connectivity index (χ2n) is 2.64. The maximum Gasteiger partial charge on any atom is 0.384 e. The number of phenolic OH excluding ortho intramolecular Hbond substituents is 1. The number of carbonyl (C=O) groups is 2. The molecule has 0 atom stereocenters. The molecule has 15 heavy (non-hydrogen) atoms. The molecule has 0 bridgehead atoms. The number of benzene rings is 1. The van der Waals surface area contributed by atoms with Crippen molar-refractivity contribution >= 4 is 12.3 Å². The first-order valence-electron chi connectivity index (χ1n) is 4.05. The van der Waals surface area contributed by atoms with Gasteiger partial charge in [0.15, 0.2) is 0 Å². The number of methoxy groups -OCH3 is 1. The Balaban J connectivity index is 3.06. The van der Waals surface area contributed by atoms with Crippen LogP contribution in [-0.4, -0.2) is 24.5 Å². The Morgan fingerprint density at radius 3 is 2.87 bits per heavy atom. The lowest BCUT2D eigenvalue weighted by atomic mass is 10.1. The fraction of sp³-hybridized carbons (Fsp3) is 0.0909. The summed E-state index contributed by atoms with van der Waals surface area (Å²) in [4.78, 5) is 21.1. The number of aromatic hydroxyl groups is 1. The van der Waals surface area contributed by atoms with Gasteiger partial charge >= 0.3 is 5.97 Å². The molecule has 0 aliphatic heterocycles. The summed E-state index contributed by atoms with van der Waals surface area (Å²) in [7, 11) is 1.21. The van der Waals surface area contributed by atoms with Gasteiger partial charge in [0.25, 0.3) is 0 Å². The quantitative estimate of drug-likeness (QED) is 0.416. The highest BCUT2D eigenvalue weighted by Crippen LogP contribution is 2.16. The Morgan fingerprint density at radius 2 is 2.27 bits per heavy atom. The summed E-state index contributed by atoms with van der Waals surface area (Å²) in [5.41, 5.74) is 0.590. The van der Waals surface area contributed by atoms with Crippen LogP contribution in [0.25, 0.3) is 0 Å². The van der Waals surface area contributed by atoms with Crippen LogP contribution in [0.2, 0.25) is 0 Å². The molecule has 4 nitrogen and oxygen atoms in total. The summed E-state index contributed by atoms with van der Waals surface area (Å²) < 4.78 is 4.30. The van der Waals surface area contributed by atoms with E-state index >= 15 is 0 Å². The smallest absolute Gasteiger partial charge is 0.384 e. The van der Waals surface area contributed by atoms with Crippen molar-refractivity contribution in [1.29, 1.82) is 0 Å². The highest BCUT2D eigenvalue weighted by molar-refractivity contribution is 5.89. The third-order valence-electron chi connectivity index (χ3n) is 1.64. The fourth-order valence-corrected chi connectivity index (χ4v) is 0.896. The summed E-state index contributed by atoms with van der Waals surface area (Å²) in [6, 6.07) is 4.18. The predicted molar refractivity (Wildman–Crippen MR) is 52.4 cm³/mol. The molecule has 0 spiro atoms. The van der Waals surface area contributed by atoms with Crippen molar-refractivity contribution in [3.63, 3.8) is 0 Å². The number of rotatable bonds is 1. The SMILES string of the molecule is COC(=O)C#Cc1cc(C=O)ccc1O. The van der Waals surface area contributed by atoms with E-state index in [1.165, 1.54) is 25.3 Å². The zero-order valence-corrected chi connectivity index (χ0v) is 7.98. The minimum atomic E-state index is -0.703. The molecule has 4 heteroatoms. The first-order valence-corrected chi connectivity index (χ1v) is 4.05. The number of ether oxygens (including phenoxy) is 1. The Kier molecular flexibility index (Phi) is 3.47. The van der Waals surface area contributed by atoms with Crippen molar-refractivity contribution < 1.29 is 19.4 Å². The minimum absolute atomic E-state index is 0.0861. The van der Waals surface area contributed by atoms with Crippen LogP contribution in [0.5, 0.6) is 5.75 Å². The van der Waals surface area contributed by atoms with Gasteiger partial charge in [0, 0.05) is 11.5 Å². The first kappa shape index (κ1) is 10.8. The van der Waals surface area contributed by atoms with Crippen LogP contribution in [0.1, 0.15) is 15.9 Å². The Labute approximate surface area is 86.5 Å². The predicted octanol–water partition coefficient (Wildman–Crippen LogP) is 0.729. The van der Waals surface area contributed by atoms with Crippen molar-refractivity contribution in [2.75, 3.05) is 7.11 Å². The Hall–Kier alpha value is -2.28. The second-order valence-corrected chi connectivity index (χ2v) is 2.64. The Morgan fingerprint density at radius 1 is 1.53 bits per heavy atom. The topological polar surface area (TPSA) is 63.6 Å². The van der Waals surface area contributed by atoms with Crippen molar-refractivity contribution in [2.24, 2.45) is 0 Å². The van der Waals surface area contributed by atoms with Gasteiger partial charge < -0.3 is 9.84 Å². The average molecular weight is 204 g/mol. The van der Waals surface area contributed by atoms with E-state index in [4.69, 9.17) is 0 Å². The maximum absolute atomic E-state index is 10.7. The monoisotopic (exact) mass is 204 g/mol. The van der Waals surface area contributed by atoms with E-state index in [-0.39, 0.29) is 11.3 Å². The highest BCUT2D eigenvalue weighted by atomic mass is 16.5. The van der Waals surface area contributed by atoms with E-state index in [1.807, 2.05) is 0 Å². The van der Waals surface area contributed by atoms with Gasteiger partial charge in [-0.2, -0.15) is 0 Å². The van der Waals surface area contributed by atoms with Crippen molar-refractivity contribution in [2.45, 2.75) is 0 Å². The number of carbonyl (C=O) groups excluding carboxylic acids is 2. The molecule has 0 radical (unpaired) electrons. The van der Waals surface area contributed by atoms with Gasteiger partial charge in [-0.25, -0.2) is 4.79 Å². The van der Waals surface area contributed by atoms with Crippen LogP contribution in [0.15, 0.2) is 18.2 Å². The third-order valence-corrected chi connectivity index (χ3v) is 1.64. The molecule has 0 saturated carbocycles. The van der Waals surface area contributed by atoms with E-state index in [0.717, 1.165) is 0 Å². The molecular formula is C11H8O4. The third kappa shape index (κ3) is 2.85. The van der Waals surface area contributed by atoms with E-state index in [1.54, 1.807) is 0 Å². The van der Waals surface area contributed by atoms with Crippen LogP contribution in [0.3, 0.4) is 0 Å². The highest BCUT2D eigenvalue weighted by Gasteiger charge is 1.99. The summed E-state index contributed by atoms with van der Waals surface area (Å²) >= 11 is 0. The minimum Gasteiger partial charge on any atom is -0.507 e. The lowest BCUT2D eigenvalue weighted by molar-refractivity contribution is -0.133. The average Bonchev–Trinajstić information content (AvgIpc) is 2.27. The fourth-order valence-electron chi connectivity index (χ4n) is 0.896. The molecular weight excluding hydrogens is 196 g/mol. The first-order chi connectivity index (χ1) is 7.17. The summed E-state index contributed by atoms with van der Waals surface area (Å²) in [5, 5.41) is 9.35. The lowest BCUT2D eigenvalue weighted by Gasteiger charge is -1.96.